The van der Waals surface area contributed by atoms with Crippen molar-refractivity contribution in [3.63, 3.8) is 0 Å². The number of halogens is 1. The van der Waals surface area contributed by atoms with Crippen LogP contribution in [0.4, 0.5) is 0 Å². The van der Waals surface area contributed by atoms with Gasteiger partial charge in [0.05, 0.1) is 21.2 Å². The van der Waals surface area contributed by atoms with Crippen molar-refractivity contribution < 1.29 is 32.9 Å². The fourth-order valence-electron chi connectivity index (χ4n) is 6.44. The summed E-state index contributed by atoms with van der Waals surface area (Å²) in [6.07, 6.45) is 0. The van der Waals surface area contributed by atoms with Crippen molar-refractivity contribution in [1.82, 2.24) is 0 Å². The molecule has 0 saturated carbocycles. The Labute approximate surface area is 326 Å². The van der Waals surface area contributed by atoms with E-state index in [-0.39, 0.29) is 23.8 Å². The largest absolute Gasteiger partial charge is 0.453 e. The van der Waals surface area contributed by atoms with Crippen molar-refractivity contribution >= 4 is 49.4 Å². The quantitative estimate of drug-likeness (QED) is 0.104. The van der Waals surface area contributed by atoms with Gasteiger partial charge in [0.25, 0.3) is 0 Å². The molecule has 3 aliphatic heterocycles. The SMILES string of the molecule is C=C(C(=C)P1(=O)Oc2ccccc2-c2ccccc21)P1(=O)Oc2ccccc2-c2ccccc21.ClP1Oc2ccccc2-c2ccccc21.OCC#CCO. The lowest BCUT2D eigenvalue weighted by atomic mass is 10.0. The molecular weight excluding hydrogens is 769 g/mol. The highest BCUT2D eigenvalue weighted by atomic mass is 35.7. The lowest BCUT2D eigenvalue weighted by molar-refractivity contribution is 0.342. The first kappa shape index (κ1) is 38.1. The van der Waals surface area contributed by atoms with E-state index in [1.165, 1.54) is 5.56 Å². The van der Waals surface area contributed by atoms with Crippen molar-refractivity contribution in [2.45, 2.75) is 0 Å². The van der Waals surface area contributed by atoms with Gasteiger partial charge in [-0.3, -0.25) is 9.13 Å². The van der Waals surface area contributed by atoms with Crippen LogP contribution in [0.3, 0.4) is 0 Å². The average Bonchev–Trinajstić information content (AvgIpc) is 3.23. The fraction of sp³-hybridized carbons (Fsp3) is 0.0455. The summed E-state index contributed by atoms with van der Waals surface area (Å²) in [4.78, 5) is 0. The highest BCUT2D eigenvalue weighted by Gasteiger charge is 2.47. The Balaban J connectivity index is 0.000000182. The lowest BCUT2D eigenvalue weighted by Gasteiger charge is -2.34. The molecule has 0 spiro atoms. The van der Waals surface area contributed by atoms with Crippen LogP contribution in [-0.2, 0) is 9.13 Å². The molecule has 6 aromatic rings. The summed E-state index contributed by atoms with van der Waals surface area (Å²) in [7, 11) is -8.49. The molecule has 3 aliphatic rings. The highest BCUT2D eigenvalue weighted by molar-refractivity contribution is 7.86. The standard InChI is InChI=1S/C28H20O4P2.C12H8ClOP.C4H6O2/c1-19(33(29)27-17-9-5-13-23(27)21-11-3-7-15-25(21)31-33)20(2)34(30)28-18-10-6-14-24(28)22-12-4-8-16-26(22)32-34;13-15-12-8-4-2-6-10(12)9-5-1-3-7-11(9)14-15;5-3-1-2-4-6/h3-18H,1-2H2;1-8H;5-6H,3-4H2. The lowest BCUT2D eigenvalue weighted by Crippen LogP contribution is -2.22. The maximum absolute atomic E-state index is 14.5. The van der Waals surface area contributed by atoms with Gasteiger partial charge in [0.1, 0.15) is 30.5 Å². The summed E-state index contributed by atoms with van der Waals surface area (Å²) in [6.45, 7) is 7.93. The molecule has 3 heterocycles. The maximum atomic E-state index is 14.5. The van der Waals surface area contributed by atoms with Gasteiger partial charge in [-0.1, -0.05) is 134 Å². The first-order valence-corrected chi connectivity index (χ1v) is 22.5. The smallest absolute Gasteiger partial charge is 0.307 e. The van der Waals surface area contributed by atoms with Crippen molar-refractivity contribution in [1.29, 1.82) is 0 Å². The summed E-state index contributed by atoms with van der Waals surface area (Å²) >= 11 is 6.22. The van der Waals surface area contributed by atoms with E-state index < -0.39 is 22.2 Å². The molecule has 0 amide bonds. The predicted octanol–water partition coefficient (Wildman–Crippen LogP) is 10.2. The minimum absolute atomic E-state index is 0.0898. The number of rotatable bonds is 3. The summed E-state index contributed by atoms with van der Waals surface area (Å²) in [5.41, 5.74) is 5.63. The molecule has 11 heteroatoms. The second-order valence-corrected chi connectivity index (χ2v) is 18.9. The van der Waals surface area contributed by atoms with Crippen molar-refractivity contribution in [3.8, 4) is 62.5 Å². The molecule has 0 fully saturated rings. The number of allylic oxidation sites excluding steroid dienone is 2. The molecule has 9 rings (SSSR count). The minimum Gasteiger partial charge on any atom is -0.453 e. The summed E-state index contributed by atoms with van der Waals surface area (Å²) < 4.78 is 47.1. The summed E-state index contributed by atoms with van der Waals surface area (Å²) in [6, 6.07) is 45.8. The van der Waals surface area contributed by atoms with Crippen LogP contribution in [0, 0.1) is 11.8 Å². The van der Waals surface area contributed by atoms with Crippen LogP contribution in [0.15, 0.2) is 169 Å². The van der Waals surface area contributed by atoms with Crippen LogP contribution < -0.4 is 29.5 Å². The first-order valence-electron chi connectivity index (χ1n) is 17.1. The van der Waals surface area contributed by atoms with E-state index in [0.717, 1.165) is 38.9 Å². The second-order valence-electron chi connectivity index (χ2n) is 12.2. The van der Waals surface area contributed by atoms with E-state index in [0.29, 0.717) is 22.1 Å². The zero-order chi connectivity index (χ0) is 38.6. The number of hydrogen-bond donors (Lipinski definition) is 2. The van der Waals surface area contributed by atoms with E-state index in [1.807, 2.05) is 109 Å². The summed E-state index contributed by atoms with van der Waals surface area (Å²) in [5.74, 6) is 6.38. The Kier molecular flexibility index (Phi) is 11.3. The highest BCUT2D eigenvalue weighted by Crippen LogP contribution is 2.69. The molecule has 6 aromatic carbocycles. The van der Waals surface area contributed by atoms with E-state index >= 15 is 0 Å². The van der Waals surface area contributed by atoms with E-state index in [2.05, 4.69) is 37.1 Å². The Morgan fingerprint density at radius 2 is 0.873 bits per heavy atom. The van der Waals surface area contributed by atoms with Crippen LogP contribution >= 0.6 is 33.5 Å². The van der Waals surface area contributed by atoms with E-state index in [4.69, 9.17) is 35.0 Å². The van der Waals surface area contributed by atoms with Crippen LogP contribution in [-0.4, -0.2) is 23.4 Å². The Morgan fingerprint density at radius 3 is 1.33 bits per heavy atom. The zero-order valence-electron chi connectivity index (χ0n) is 29.3. The van der Waals surface area contributed by atoms with Gasteiger partial charge in [-0.05, 0) is 64.3 Å². The maximum Gasteiger partial charge on any atom is 0.307 e. The van der Waals surface area contributed by atoms with Gasteiger partial charge in [-0.2, -0.15) is 0 Å². The molecule has 0 aromatic heterocycles. The number of benzene rings is 6. The second kappa shape index (κ2) is 16.3. The molecule has 0 saturated heterocycles. The third-order valence-electron chi connectivity index (χ3n) is 9.03. The van der Waals surface area contributed by atoms with Gasteiger partial charge < -0.3 is 23.8 Å². The number of aliphatic hydroxyl groups is 2. The van der Waals surface area contributed by atoms with E-state index in [9.17, 15) is 9.13 Å². The number of hydrogen-bond acceptors (Lipinski definition) is 7. The Bertz CT molecular complexity index is 2480. The van der Waals surface area contributed by atoms with Gasteiger partial charge in [0.15, 0.2) is 0 Å². The molecule has 0 bridgehead atoms. The van der Waals surface area contributed by atoms with Crippen molar-refractivity contribution in [3.05, 3.63) is 169 Å². The van der Waals surface area contributed by atoms with Crippen LogP contribution in [0.5, 0.6) is 17.2 Å². The molecule has 7 nitrogen and oxygen atoms in total. The number of aliphatic hydroxyl groups excluding tert-OH is 2. The van der Waals surface area contributed by atoms with Crippen molar-refractivity contribution in [2.75, 3.05) is 13.2 Å². The average molecular weight is 803 g/mol. The minimum atomic E-state index is -3.73. The van der Waals surface area contributed by atoms with Gasteiger partial charge >= 0.3 is 14.7 Å². The third kappa shape index (κ3) is 7.22. The zero-order valence-corrected chi connectivity index (χ0v) is 32.8. The van der Waals surface area contributed by atoms with Crippen LogP contribution in [0.1, 0.15) is 0 Å². The van der Waals surface area contributed by atoms with Gasteiger partial charge in [-0.15, -0.1) is 0 Å². The predicted molar refractivity (Wildman–Crippen MR) is 225 cm³/mol. The molecule has 3 unspecified atom stereocenters. The van der Waals surface area contributed by atoms with Crippen LogP contribution in [0.25, 0.3) is 33.4 Å². The molecular formula is C44H34ClO7P3. The number of para-hydroxylation sites is 3. The van der Waals surface area contributed by atoms with Gasteiger partial charge in [-0.25, -0.2) is 0 Å². The Hall–Kier alpha value is -5.14. The summed E-state index contributed by atoms with van der Waals surface area (Å²) in [5, 5.41) is 18.1. The fourth-order valence-corrected chi connectivity index (χ4v) is 13.1. The van der Waals surface area contributed by atoms with E-state index in [1.54, 1.807) is 24.3 Å². The normalized spacial score (nSPS) is 18.8. The number of fused-ring (bicyclic) bond motifs is 9. The molecule has 274 valence electrons. The molecule has 55 heavy (non-hydrogen) atoms. The molecule has 0 radical (unpaired) electrons. The van der Waals surface area contributed by atoms with Crippen LogP contribution in [0.2, 0.25) is 0 Å². The molecule has 2 N–H and O–H groups in total. The van der Waals surface area contributed by atoms with Crippen molar-refractivity contribution in [2.24, 2.45) is 0 Å². The topological polar surface area (TPSA) is 102 Å². The molecule has 0 aliphatic carbocycles. The van der Waals surface area contributed by atoms with Gasteiger partial charge in [0, 0.05) is 22.0 Å². The third-order valence-corrected chi connectivity index (χ3v) is 16.0. The molecule has 3 atom stereocenters. The Morgan fingerprint density at radius 1 is 0.527 bits per heavy atom. The first-order chi connectivity index (χ1) is 26.7. The van der Waals surface area contributed by atoms with Gasteiger partial charge in [0.2, 0.25) is 7.50 Å². The monoisotopic (exact) mass is 802 g/mol.